The highest BCUT2D eigenvalue weighted by molar-refractivity contribution is 5.95. The average molecular weight is 354 g/mol. The van der Waals surface area contributed by atoms with Crippen molar-refractivity contribution < 1.29 is 9.90 Å². The largest absolute Gasteiger partial charge is 0.387 e. The maximum atomic E-state index is 12.8. The normalized spacial score (nSPS) is 25.1. The minimum absolute atomic E-state index is 0.0925. The molecule has 3 heterocycles. The van der Waals surface area contributed by atoms with Gasteiger partial charge < -0.3 is 14.9 Å². The Morgan fingerprint density at radius 2 is 1.88 bits per heavy atom. The molecule has 1 atom stereocenters. The summed E-state index contributed by atoms with van der Waals surface area (Å²) in [6.45, 7) is 5.59. The zero-order valence-electron chi connectivity index (χ0n) is 15.3. The fourth-order valence-electron chi connectivity index (χ4n) is 3.93. The van der Waals surface area contributed by atoms with E-state index in [1.807, 2.05) is 30.3 Å². The quantitative estimate of drug-likeness (QED) is 0.893. The third-order valence-electron chi connectivity index (χ3n) is 5.55. The van der Waals surface area contributed by atoms with Gasteiger partial charge in [0.25, 0.3) is 5.91 Å². The van der Waals surface area contributed by atoms with Crippen molar-refractivity contribution in [1.29, 1.82) is 0 Å². The lowest BCUT2D eigenvalue weighted by atomic mass is 10.0. The molecule has 2 fully saturated rings. The number of rotatable bonds is 3. The molecular formula is C20H26N4O2. The molecule has 2 aliphatic heterocycles. The summed E-state index contributed by atoms with van der Waals surface area (Å²) >= 11 is 0. The van der Waals surface area contributed by atoms with Gasteiger partial charge in [0, 0.05) is 44.7 Å². The first-order chi connectivity index (χ1) is 12.5. The number of carbonyl (C=O) groups excluding carboxylic acids is 1. The number of amides is 1. The topological polar surface area (TPSA) is 59.9 Å². The second-order valence-corrected chi connectivity index (χ2v) is 7.67. The first-order valence-corrected chi connectivity index (χ1v) is 9.31. The minimum Gasteiger partial charge on any atom is -0.387 e. The number of β-amino-alcohol motifs (C(OH)–C–C–N with tert-alkyl or cyclic N) is 1. The lowest BCUT2D eigenvalue weighted by molar-refractivity contribution is 0.000483. The van der Waals surface area contributed by atoms with E-state index in [9.17, 15) is 9.90 Å². The van der Waals surface area contributed by atoms with Gasteiger partial charge in [-0.05, 0) is 25.6 Å². The molecule has 2 saturated heterocycles. The fourth-order valence-corrected chi connectivity index (χ4v) is 3.93. The Balaban J connectivity index is 1.42. The molecule has 1 N–H and O–H groups in total. The SMILES string of the molecule is CN1CCN(C[C@]2(O)CCN(C(=O)c3ccc4ccccc4n3)C2)CC1. The molecular weight excluding hydrogens is 328 g/mol. The minimum atomic E-state index is -0.817. The lowest BCUT2D eigenvalue weighted by Crippen LogP contribution is -2.52. The molecule has 1 aromatic heterocycles. The van der Waals surface area contributed by atoms with Gasteiger partial charge in [-0.3, -0.25) is 9.69 Å². The van der Waals surface area contributed by atoms with Gasteiger partial charge in [-0.25, -0.2) is 4.98 Å². The number of hydrogen-bond donors (Lipinski definition) is 1. The molecule has 2 aliphatic rings. The van der Waals surface area contributed by atoms with Crippen LogP contribution in [0.1, 0.15) is 16.9 Å². The van der Waals surface area contributed by atoms with Crippen molar-refractivity contribution in [1.82, 2.24) is 19.7 Å². The van der Waals surface area contributed by atoms with Crippen LogP contribution in [0.25, 0.3) is 10.9 Å². The second-order valence-electron chi connectivity index (χ2n) is 7.67. The summed E-state index contributed by atoms with van der Waals surface area (Å²) in [5.74, 6) is -0.0925. The Hall–Kier alpha value is -2.02. The van der Waals surface area contributed by atoms with E-state index < -0.39 is 5.60 Å². The third kappa shape index (κ3) is 3.58. The van der Waals surface area contributed by atoms with Gasteiger partial charge >= 0.3 is 0 Å². The van der Waals surface area contributed by atoms with E-state index in [4.69, 9.17) is 0 Å². The predicted octanol–water partition coefficient (Wildman–Crippen LogP) is 1.06. The van der Waals surface area contributed by atoms with Gasteiger partial charge in [0.1, 0.15) is 5.69 Å². The van der Waals surface area contributed by atoms with Crippen LogP contribution in [0.4, 0.5) is 0 Å². The van der Waals surface area contributed by atoms with E-state index in [2.05, 4.69) is 21.8 Å². The number of carbonyl (C=O) groups is 1. The number of benzene rings is 1. The van der Waals surface area contributed by atoms with Crippen molar-refractivity contribution in [3.05, 3.63) is 42.1 Å². The summed E-state index contributed by atoms with van der Waals surface area (Å²) in [5, 5.41) is 12.0. The Morgan fingerprint density at radius 1 is 1.12 bits per heavy atom. The lowest BCUT2D eigenvalue weighted by Gasteiger charge is -2.36. The summed E-state index contributed by atoms with van der Waals surface area (Å²) in [5.41, 5.74) is 0.459. The number of aromatic nitrogens is 1. The third-order valence-corrected chi connectivity index (χ3v) is 5.55. The molecule has 0 saturated carbocycles. The number of nitrogens with zero attached hydrogens (tertiary/aromatic N) is 4. The predicted molar refractivity (Wildman–Crippen MR) is 101 cm³/mol. The Kier molecular flexibility index (Phi) is 4.65. The zero-order chi connectivity index (χ0) is 18.1. The average Bonchev–Trinajstić information content (AvgIpc) is 3.04. The summed E-state index contributed by atoms with van der Waals surface area (Å²) in [7, 11) is 2.12. The zero-order valence-corrected chi connectivity index (χ0v) is 15.3. The van der Waals surface area contributed by atoms with Crippen LogP contribution in [0.3, 0.4) is 0 Å². The summed E-state index contributed by atoms with van der Waals surface area (Å²) in [6.07, 6.45) is 0.624. The highest BCUT2D eigenvalue weighted by Crippen LogP contribution is 2.25. The van der Waals surface area contributed by atoms with E-state index in [1.165, 1.54) is 0 Å². The molecule has 1 aromatic carbocycles. The Labute approximate surface area is 154 Å². The van der Waals surface area contributed by atoms with Crippen LogP contribution >= 0.6 is 0 Å². The Morgan fingerprint density at radius 3 is 2.69 bits per heavy atom. The summed E-state index contributed by atoms with van der Waals surface area (Å²) in [6, 6.07) is 11.5. The standard InChI is InChI=1S/C20H26N4O2/c1-22-10-12-23(13-11-22)14-20(26)8-9-24(15-20)19(25)18-7-6-16-4-2-3-5-17(16)21-18/h2-7,26H,8-15H2,1H3/t20-/m1/s1. The van der Waals surface area contributed by atoms with E-state index in [0.717, 1.165) is 37.1 Å². The van der Waals surface area contributed by atoms with Gasteiger partial charge in [-0.15, -0.1) is 0 Å². The fraction of sp³-hybridized carbons (Fsp3) is 0.500. The molecule has 1 amide bonds. The molecule has 4 rings (SSSR count). The van der Waals surface area contributed by atoms with Crippen LogP contribution in [0.2, 0.25) is 0 Å². The van der Waals surface area contributed by atoms with Gasteiger partial charge in [-0.1, -0.05) is 24.3 Å². The number of piperazine rings is 1. The van der Waals surface area contributed by atoms with Crippen LogP contribution in [0.5, 0.6) is 0 Å². The molecule has 0 spiro atoms. The number of pyridine rings is 1. The van der Waals surface area contributed by atoms with E-state index in [-0.39, 0.29) is 5.91 Å². The monoisotopic (exact) mass is 354 g/mol. The highest BCUT2D eigenvalue weighted by atomic mass is 16.3. The van der Waals surface area contributed by atoms with Crippen molar-refractivity contribution in [2.45, 2.75) is 12.0 Å². The van der Waals surface area contributed by atoms with E-state index >= 15 is 0 Å². The maximum absolute atomic E-state index is 12.8. The van der Waals surface area contributed by atoms with Crippen molar-refractivity contribution in [2.24, 2.45) is 0 Å². The van der Waals surface area contributed by atoms with Crippen LogP contribution < -0.4 is 0 Å². The first kappa shape index (κ1) is 17.4. The van der Waals surface area contributed by atoms with Crippen molar-refractivity contribution in [3.8, 4) is 0 Å². The maximum Gasteiger partial charge on any atom is 0.272 e. The number of para-hydroxylation sites is 1. The highest BCUT2D eigenvalue weighted by Gasteiger charge is 2.40. The van der Waals surface area contributed by atoms with E-state index in [0.29, 0.717) is 31.7 Å². The molecule has 0 unspecified atom stereocenters. The van der Waals surface area contributed by atoms with Gasteiger partial charge in [-0.2, -0.15) is 0 Å². The van der Waals surface area contributed by atoms with Crippen molar-refractivity contribution in [2.75, 3.05) is 52.9 Å². The number of fused-ring (bicyclic) bond motifs is 1. The van der Waals surface area contributed by atoms with Gasteiger partial charge in [0.2, 0.25) is 0 Å². The molecule has 138 valence electrons. The van der Waals surface area contributed by atoms with Crippen molar-refractivity contribution in [3.63, 3.8) is 0 Å². The smallest absolute Gasteiger partial charge is 0.272 e. The molecule has 6 nitrogen and oxygen atoms in total. The molecule has 0 radical (unpaired) electrons. The molecule has 0 bridgehead atoms. The summed E-state index contributed by atoms with van der Waals surface area (Å²) < 4.78 is 0. The number of likely N-dealkylation sites (tertiary alicyclic amines) is 1. The molecule has 26 heavy (non-hydrogen) atoms. The van der Waals surface area contributed by atoms with E-state index in [1.54, 1.807) is 11.0 Å². The molecule has 0 aliphatic carbocycles. The Bertz CT molecular complexity index is 803. The summed E-state index contributed by atoms with van der Waals surface area (Å²) in [4.78, 5) is 23.7. The first-order valence-electron chi connectivity index (χ1n) is 9.31. The van der Waals surface area contributed by atoms with Crippen LogP contribution in [0.15, 0.2) is 36.4 Å². The molecule has 2 aromatic rings. The number of aliphatic hydroxyl groups is 1. The van der Waals surface area contributed by atoms with Crippen LogP contribution in [-0.4, -0.2) is 89.2 Å². The number of hydrogen-bond acceptors (Lipinski definition) is 5. The van der Waals surface area contributed by atoms with Crippen LogP contribution in [0, 0.1) is 0 Å². The van der Waals surface area contributed by atoms with Gasteiger partial charge in [0.15, 0.2) is 0 Å². The number of likely N-dealkylation sites (N-methyl/N-ethyl adjacent to an activating group) is 1. The van der Waals surface area contributed by atoms with Gasteiger partial charge in [0.05, 0.1) is 17.7 Å². The molecule has 6 heteroatoms. The van der Waals surface area contributed by atoms with Crippen molar-refractivity contribution >= 4 is 16.8 Å². The van der Waals surface area contributed by atoms with Crippen LogP contribution in [-0.2, 0) is 0 Å². The second kappa shape index (κ2) is 6.95.